The van der Waals surface area contributed by atoms with Crippen LogP contribution >= 0.6 is 0 Å². The number of fused-ring (bicyclic) bond motifs is 1. The fourth-order valence-corrected chi connectivity index (χ4v) is 3.59. The Balaban J connectivity index is 1.92. The van der Waals surface area contributed by atoms with Crippen molar-refractivity contribution in [3.8, 4) is 0 Å². The van der Waals surface area contributed by atoms with Crippen molar-refractivity contribution in [2.24, 2.45) is 0 Å². The topological polar surface area (TPSA) is 87.2 Å². The number of nitrogens with zero attached hydrogens (tertiary/aromatic N) is 2. The van der Waals surface area contributed by atoms with Crippen LogP contribution in [0, 0.1) is 0 Å². The molecule has 0 saturated carbocycles. The van der Waals surface area contributed by atoms with E-state index in [9.17, 15) is 19.5 Å². The summed E-state index contributed by atoms with van der Waals surface area (Å²) in [6.45, 7) is 0.667. The SMILES string of the molecule is CN1C(=O)C[C@H](C(=O)N(CC(=O)O)C2CCOCC2)c2ccccc21. The average Bonchev–Trinajstić information content (AvgIpc) is 2.63. The maximum Gasteiger partial charge on any atom is 0.323 e. The Hall–Kier alpha value is -2.41. The number of carbonyl (C=O) groups excluding carboxylic acids is 2. The maximum absolute atomic E-state index is 13.2. The molecule has 1 saturated heterocycles. The van der Waals surface area contributed by atoms with Gasteiger partial charge in [0, 0.05) is 38.4 Å². The minimum atomic E-state index is -1.05. The van der Waals surface area contributed by atoms with E-state index < -0.39 is 11.9 Å². The van der Waals surface area contributed by atoms with Crippen molar-refractivity contribution in [3.05, 3.63) is 29.8 Å². The van der Waals surface area contributed by atoms with Gasteiger partial charge in [-0.25, -0.2) is 0 Å². The molecule has 1 aromatic rings. The molecule has 1 aromatic carbocycles. The number of amides is 2. The Morgan fingerprint density at radius 3 is 2.64 bits per heavy atom. The molecular formula is C18H22N2O5. The van der Waals surface area contributed by atoms with Gasteiger partial charge >= 0.3 is 5.97 Å². The van der Waals surface area contributed by atoms with Crippen LogP contribution in [-0.2, 0) is 19.1 Å². The van der Waals surface area contributed by atoms with Crippen molar-refractivity contribution in [2.45, 2.75) is 31.2 Å². The van der Waals surface area contributed by atoms with Crippen molar-refractivity contribution < 1.29 is 24.2 Å². The number of carbonyl (C=O) groups is 3. The van der Waals surface area contributed by atoms with E-state index in [1.54, 1.807) is 11.9 Å². The molecule has 0 radical (unpaired) electrons. The second-order valence-electron chi connectivity index (χ2n) is 6.47. The molecule has 0 bridgehead atoms. The van der Waals surface area contributed by atoms with Crippen LogP contribution in [0.4, 0.5) is 5.69 Å². The Labute approximate surface area is 146 Å². The van der Waals surface area contributed by atoms with E-state index in [1.165, 1.54) is 4.90 Å². The molecule has 2 aliphatic heterocycles. The van der Waals surface area contributed by atoms with Gasteiger partial charge in [-0.15, -0.1) is 0 Å². The zero-order valence-electron chi connectivity index (χ0n) is 14.2. The molecule has 0 unspecified atom stereocenters. The molecule has 3 rings (SSSR count). The van der Waals surface area contributed by atoms with Crippen LogP contribution in [0.15, 0.2) is 24.3 Å². The highest BCUT2D eigenvalue weighted by atomic mass is 16.5. The van der Waals surface area contributed by atoms with E-state index in [4.69, 9.17) is 4.74 Å². The summed E-state index contributed by atoms with van der Waals surface area (Å²) in [6.07, 6.45) is 1.29. The first-order valence-electron chi connectivity index (χ1n) is 8.44. The normalized spacial score (nSPS) is 20.9. The first-order chi connectivity index (χ1) is 12.0. The van der Waals surface area contributed by atoms with Gasteiger partial charge in [0.2, 0.25) is 11.8 Å². The number of carboxylic acids is 1. The van der Waals surface area contributed by atoms with Gasteiger partial charge in [-0.2, -0.15) is 0 Å². The van der Waals surface area contributed by atoms with Crippen LogP contribution in [0.25, 0.3) is 0 Å². The van der Waals surface area contributed by atoms with Gasteiger partial charge in [0.05, 0.1) is 5.92 Å². The number of carboxylic acid groups (broad SMARTS) is 1. The molecule has 2 aliphatic rings. The van der Waals surface area contributed by atoms with Gasteiger partial charge < -0.3 is 19.6 Å². The number of ether oxygens (including phenoxy) is 1. The van der Waals surface area contributed by atoms with E-state index in [0.29, 0.717) is 31.7 Å². The van der Waals surface area contributed by atoms with E-state index in [1.807, 2.05) is 24.3 Å². The molecule has 7 nitrogen and oxygen atoms in total. The third kappa shape index (κ3) is 3.51. The molecule has 25 heavy (non-hydrogen) atoms. The number of anilines is 1. The summed E-state index contributed by atoms with van der Waals surface area (Å²) >= 11 is 0. The van der Waals surface area contributed by atoms with Crippen LogP contribution in [0.3, 0.4) is 0 Å². The lowest BCUT2D eigenvalue weighted by Gasteiger charge is -2.38. The number of hydrogen-bond donors (Lipinski definition) is 1. The third-order valence-corrected chi connectivity index (χ3v) is 4.94. The summed E-state index contributed by atoms with van der Waals surface area (Å²) in [6, 6.07) is 7.13. The molecule has 0 spiro atoms. The predicted octanol–water partition coefficient (Wildman–Crippen LogP) is 1.23. The minimum absolute atomic E-state index is 0.0612. The van der Waals surface area contributed by atoms with Crippen LogP contribution in [0.5, 0.6) is 0 Å². The molecule has 2 heterocycles. The van der Waals surface area contributed by atoms with Crippen LogP contribution in [0.1, 0.15) is 30.7 Å². The van der Waals surface area contributed by atoms with Gasteiger partial charge in [0.1, 0.15) is 6.54 Å². The standard InChI is InChI=1S/C18H22N2O5/c1-19-15-5-3-2-4-13(15)14(10-16(19)21)18(24)20(11-17(22)23)12-6-8-25-9-7-12/h2-5,12,14H,6-11H2,1H3,(H,22,23)/t14-/m0/s1. The maximum atomic E-state index is 13.2. The van der Waals surface area contributed by atoms with Crippen molar-refractivity contribution in [3.63, 3.8) is 0 Å². The van der Waals surface area contributed by atoms with E-state index in [2.05, 4.69) is 0 Å². The quantitative estimate of drug-likeness (QED) is 0.886. The van der Waals surface area contributed by atoms with Crippen molar-refractivity contribution in [1.29, 1.82) is 0 Å². The number of benzene rings is 1. The molecule has 134 valence electrons. The minimum Gasteiger partial charge on any atom is -0.480 e. The fourth-order valence-electron chi connectivity index (χ4n) is 3.59. The highest BCUT2D eigenvalue weighted by Crippen LogP contribution is 2.37. The highest BCUT2D eigenvalue weighted by Gasteiger charge is 2.38. The Kier molecular flexibility index (Phi) is 5.03. The molecule has 7 heteroatoms. The zero-order chi connectivity index (χ0) is 18.0. The summed E-state index contributed by atoms with van der Waals surface area (Å²) in [5, 5.41) is 9.25. The molecule has 2 amide bonds. The van der Waals surface area contributed by atoms with E-state index >= 15 is 0 Å². The van der Waals surface area contributed by atoms with Gasteiger partial charge in [0.25, 0.3) is 0 Å². The largest absolute Gasteiger partial charge is 0.480 e. The number of rotatable bonds is 4. The van der Waals surface area contributed by atoms with E-state index in [-0.39, 0.29) is 30.8 Å². The predicted molar refractivity (Wildman–Crippen MR) is 90.4 cm³/mol. The van der Waals surface area contributed by atoms with Gasteiger partial charge in [0.15, 0.2) is 0 Å². The first kappa shape index (κ1) is 17.4. The van der Waals surface area contributed by atoms with Crippen LogP contribution in [-0.4, -0.2) is 60.6 Å². The summed E-state index contributed by atoms with van der Waals surface area (Å²) in [5.74, 6) is -2.11. The lowest BCUT2D eigenvalue weighted by atomic mass is 9.87. The monoisotopic (exact) mass is 346 g/mol. The summed E-state index contributed by atoms with van der Waals surface area (Å²) in [5.41, 5.74) is 1.48. The highest BCUT2D eigenvalue weighted by molar-refractivity contribution is 6.02. The lowest BCUT2D eigenvalue weighted by Crippen LogP contribution is -2.49. The van der Waals surface area contributed by atoms with Crippen molar-refractivity contribution in [1.82, 2.24) is 4.90 Å². The smallest absolute Gasteiger partial charge is 0.323 e. The zero-order valence-corrected chi connectivity index (χ0v) is 14.2. The van der Waals surface area contributed by atoms with Gasteiger partial charge in [-0.1, -0.05) is 18.2 Å². The van der Waals surface area contributed by atoms with Gasteiger partial charge in [-0.05, 0) is 24.5 Å². The Morgan fingerprint density at radius 2 is 1.96 bits per heavy atom. The summed E-state index contributed by atoms with van der Waals surface area (Å²) < 4.78 is 5.32. The Morgan fingerprint density at radius 1 is 1.28 bits per heavy atom. The summed E-state index contributed by atoms with van der Waals surface area (Å²) in [4.78, 5) is 39.8. The van der Waals surface area contributed by atoms with Crippen LogP contribution < -0.4 is 4.90 Å². The first-order valence-corrected chi connectivity index (χ1v) is 8.44. The van der Waals surface area contributed by atoms with Crippen molar-refractivity contribution >= 4 is 23.5 Å². The second kappa shape index (κ2) is 7.23. The fraction of sp³-hybridized carbons (Fsp3) is 0.500. The molecule has 1 fully saturated rings. The van der Waals surface area contributed by atoms with E-state index in [0.717, 1.165) is 5.56 Å². The third-order valence-electron chi connectivity index (χ3n) is 4.94. The van der Waals surface area contributed by atoms with Crippen molar-refractivity contribution in [2.75, 3.05) is 31.7 Å². The number of hydrogen-bond acceptors (Lipinski definition) is 4. The van der Waals surface area contributed by atoms with Crippen LogP contribution in [0.2, 0.25) is 0 Å². The molecule has 1 N–H and O–H groups in total. The molecule has 1 atom stereocenters. The molecule has 0 aromatic heterocycles. The Bertz CT molecular complexity index is 684. The lowest BCUT2D eigenvalue weighted by molar-refractivity contribution is -0.149. The molecular weight excluding hydrogens is 324 g/mol. The second-order valence-corrected chi connectivity index (χ2v) is 6.47. The number of para-hydroxylation sites is 1. The molecule has 0 aliphatic carbocycles. The summed E-state index contributed by atoms with van der Waals surface area (Å²) in [7, 11) is 1.69. The van der Waals surface area contributed by atoms with Gasteiger partial charge in [-0.3, -0.25) is 14.4 Å². The number of aliphatic carboxylic acids is 1. The average molecular weight is 346 g/mol.